The number of carbonyl (C=O) groups is 3. The third kappa shape index (κ3) is 2.19. The second-order valence-corrected chi connectivity index (χ2v) is 5.37. The van der Waals surface area contributed by atoms with Crippen molar-refractivity contribution in [1.82, 2.24) is 10.2 Å². The van der Waals surface area contributed by atoms with Gasteiger partial charge < -0.3 is 11.1 Å². The summed E-state index contributed by atoms with van der Waals surface area (Å²) in [5.74, 6) is -0.102. The van der Waals surface area contributed by atoms with E-state index in [0.29, 0.717) is 18.8 Å². The van der Waals surface area contributed by atoms with Crippen molar-refractivity contribution in [2.24, 2.45) is 11.7 Å². The van der Waals surface area contributed by atoms with E-state index < -0.39 is 17.5 Å². The molecule has 2 aliphatic rings. The lowest BCUT2D eigenvalue weighted by Crippen LogP contribution is -2.49. The lowest BCUT2D eigenvalue weighted by molar-refractivity contribution is -0.132. The highest BCUT2D eigenvalue weighted by Crippen LogP contribution is 2.36. The van der Waals surface area contributed by atoms with Gasteiger partial charge in [0.15, 0.2) is 0 Å². The van der Waals surface area contributed by atoms with Crippen LogP contribution in [0.15, 0.2) is 0 Å². The number of amides is 4. The number of primary amides is 1. The zero-order valence-electron chi connectivity index (χ0n) is 10.6. The molecule has 3 N–H and O–H groups in total. The molecule has 1 aliphatic heterocycles. The minimum Gasteiger partial charge on any atom is -0.370 e. The van der Waals surface area contributed by atoms with Crippen molar-refractivity contribution < 1.29 is 14.4 Å². The van der Waals surface area contributed by atoms with E-state index in [-0.39, 0.29) is 18.9 Å². The Hall–Kier alpha value is -1.59. The van der Waals surface area contributed by atoms with Gasteiger partial charge in [0.05, 0.1) is 0 Å². The van der Waals surface area contributed by atoms with Crippen molar-refractivity contribution in [2.75, 3.05) is 6.54 Å². The Labute approximate surface area is 106 Å². The highest BCUT2D eigenvalue weighted by molar-refractivity contribution is 6.07. The molecule has 2 rings (SSSR count). The average molecular weight is 253 g/mol. The van der Waals surface area contributed by atoms with E-state index in [2.05, 4.69) is 12.2 Å². The fourth-order valence-corrected chi connectivity index (χ4v) is 2.70. The summed E-state index contributed by atoms with van der Waals surface area (Å²) in [6.45, 7) is 2.23. The van der Waals surface area contributed by atoms with Crippen molar-refractivity contribution in [3.63, 3.8) is 0 Å². The molecule has 0 unspecified atom stereocenters. The van der Waals surface area contributed by atoms with E-state index in [0.717, 1.165) is 17.7 Å². The predicted octanol–water partition coefficient (Wildman–Crippen LogP) is 0.363. The Balaban J connectivity index is 2.06. The molecule has 1 heterocycles. The van der Waals surface area contributed by atoms with Gasteiger partial charge in [-0.2, -0.15) is 0 Å². The van der Waals surface area contributed by atoms with Gasteiger partial charge in [0.1, 0.15) is 5.54 Å². The average Bonchev–Trinajstić information content (AvgIpc) is 2.53. The monoisotopic (exact) mass is 253 g/mol. The van der Waals surface area contributed by atoms with Crippen LogP contribution in [0, 0.1) is 5.92 Å². The van der Waals surface area contributed by atoms with Crippen molar-refractivity contribution in [2.45, 2.75) is 44.6 Å². The smallest absolute Gasteiger partial charge is 0.325 e. The number of nitrogens with one attached hydrogen (secondary N) is 1. The maximum atomic E-state index is 12.3. The molecule has 0 bridgehead atoms. The quantitative estimate of drug-likeness (QED) is 0.711. The first kappa shape index (κ1) is 12.9. The molecule has 2 fully saturated rings. The Morgan fingerprint density at radius 1 is 1.44 bits per heavy atom. The number of nitrogens with zero attached hydrogens (tertiary/aromatic N) is 1. The van der Waals surface area contributed by atoms with E-state index in [1.54, 1.807) is 0 Å². The Bertz CT molecular complexity index is 386. The van der Waals surface area contributed by atoms with Gasteiger partial charge in [0, 0.05) is 13.0 Å². The molecule has 100 valence electrons. The van der Waals surface area contributed by atoms with Crippen LogP contribution in [-0.4, -0.2) is 34.8 Å². The lowest BCUT2D eigenvalue weighted by atomic mass is 9.77. The van der Waals surface area contributed by atoms with Crippen LogP contribution in [0.25, 0.3) is 0 Å². The van der Waals surface area contributed by atoms with Crippen LogP contribution in [0.1, 0.15) is 39.0 Å². The van der Waals surface area contributed by atoms with Crippen LogP contribution in [0.5, 0.6) is 0 Å². The van der Waals surface area contributed by atoms with Gasteiger partial charge in [-0.25, -0.2) is 4.79 Å². The fourth-order valence-electron chi connectivity index (χ4n) is 2.70. The van der Waals surface area contributed by atoms with Gasteiger partial charge in [-0.05, 0) is 31.6 Å². The highest BCUT2D eigenvalue weighted by atomic mass is 16.2. The van der Waals surface area contributed by atoms with Gasteiger partial charge >= 0.3 is 6.03 Å². The van der Waals surface area contributed by atoms with Crippen LogP contribution in [0.3, 0.4) is 0 Å². The second-order valence-electron chi connectivity index (χ2n) is 5.37. The summed E-state index contributed by atoms with van der Waals surface area (Å²) < 4.78 is 0. The first-order valence-corrected chi connectivity index (χ1v) is 6.37. The standard InChI is InChI=1S/C12H19N3O3/c1-8-2-5-12(6-3-8)10(17)15(11(18)14-12)7-4-9(13)16/h8H,2-7H2,1H3,(H2,13,16)(H,14,18). The van der Waals surface area contributed by atoms with Crippen molar-refractivity contribution in [3.05, 3.63) is 0 Å². The van der Waals surface area contributed by atoms with Crippen LogP contribution in [0.2, 0.25) is 0 Å². The van der Waals surface area contributed by atoms with E-state index >= 15 is 0 Å². The molecule has 18 heavy (non-hydrogen) atoms. The minimum absolute atomic E-state index is 0.0195. The third-order valence-electron chi connectivity index (χ3n) is 3.96. The molecule has 4 amide bonds. The normalized spacial score (nSPS) is 31.8. The van der Waals surface area contributed by atoms with E-state index in [9.17, 15) is 14.4 Å². The summed E-state index contributed by atoms with van der Waals surface area (Å²) in [5.41, 5.74) is 4.32. The number of hydrogen-bond acceptors (Lipinski definition) is 3. The number of nitrogens with two attached hydrogens (primary N) is 1. The summed E-state index contributed by atoms with van der Waals surface area (Å²) in [4.78, 5) is 36.0. The SMILES string of the molecule is CC1CCC2(CC1)NC(=O)N(CCC(N)=O)C2=O. The maximum absolute atomic E-state index is 12.3. The molecule has 1 spiro atoms. The summed E-state index contributed by atoms with van der Waals surface area (Å²) >= 11 is 0. The fraction of sp³-hybridized carbons (Fsp3) is 0.750. The molecule has 1 saturated heterocycles. The molecular formula is C12H19N3O3. The zero-order valence-corrected chi connectivity index (χ0v) is 10.6. The van der Waals surface area contributed by atoms with Crippen LogP contribution < -0.4 is 11.1 Å². The Morgan fingerprint density at radius 2 is 2.06 bits per heavy atom. The molecule has 0 aromatic rings. The minimum atomic E-state index is -0.721. The van der Waals surface area contributed by atoms with Gasteiger partial charge in [-0.3, -0.25) is 14.5 Å². The number of hydrogen-bond donors (Lipinski definition) is 2. The molecule has 0 atom stereocenters. The van der Waals surface area contributed by atoms with Crippen LogP contribution in [0.4, 0.5) is 4.79 Å². The van der Waals surface area contributed by atoms with Crippen molar-refractivity contribution >= 4 is 17.8 Å². The largest absolute Gasteiger partial charge is 0.370 e. The third-order valence-corrected chi connectivity index (χ3v) is 3.96. The Kier molecular flexibility index (Phi) is 3.28. The highest BCUT2D eigenvalue weighted by Gasteiger charge is 2.51. The first-order chi connectivity index (χ1) is 8.44. The molecule has 0 aromatic carbocycles. The van der Waals surface area contributed by atoms with Gasteiger partial charge in [0.2, 0.25) is 5.91 Å². The van der Waals surface area contributed by atoms with Gasteiger partial charge in [0.25, 0.3) is 5.91 Å². The molecular weight excluding hydrogens is 234 g/mol. The molecule has 6 nitrogen and oxygen atoms in total. The van der Waals surface area contributed by atoms with Crippen molar-refractivity contribution in [1.29, 1.82) is 0 Å². The first-order valence-electron chi connectivity index (χ1n) is 6.37. The van der Waals surface area contributed by atoms with Crippen molar-refractivity contribution in [3.8, 4) is 0 Å². The molecule has 1 saturated carbocycles. The van der Waals surface area contributed by atoms with E-state index in [1.807, 2.05) is 0 Å². The summed E-state index contributed by atoms with van der Waals surface area (Å²) in [6, 6.07) is -0.393. The van der Waals surface area contributed by atoms with E-state index in [4.69, 9.17) is 5.73 Å². The maximum Gasteiger partial charge on any atom is 0.325 e. The van der Waals surface area contributed by atoms with Gasteiger partial charge in [-0.1, -0.05) is 6.92 Å². The van der Waals surface area contributed by atoms with Crippen LogP contribution in [-0.2, 0) is 9.59 Å². The van der Waals surface area contributed by atoms with Crippen LogP contribution >= 0.6 is 0 Å². The lowest BCUT2D eigenvalue weighted by Gasteiger charge is -2.33. The predicted molar refractivity (Wildman–Crippen MR) is 64.4 cm³/mol. The molecule has 0 aromatic heterocycles. The topological polar surface area (TPSA) is 92.5 Å². The zero-order chi connectivity index (χ0) is 13.3. The van der Waals surface area contributed by atoms with Gasteiger partial charge in [-0.15, -0.1) is 0 Å². The Morgan fingerprint density at radius 3 is 2.61 bits per heavy atom. The number of imide groups is 1. The summed E-state index contributed by atoms with van der Waals surface area (Å²) in [6.07, 6.45) is 3.27. The number of urea groups is 1. The second kappa shape index (κ2) is 4.59. The summed E-state index contributed by atoms with van der Waals surface area (Å²) in [7, 11) is 0. The summed E-state index contributed by atoms with van der Waals surface area (Å²) in [5, 5.41) is 2.80. The number of carbonyl (C=O) groups excluding carboxylic acids is 3. The molecule has 0 radical (unpaired) electrons. The molecule has 6 heteroatoms. The number of rotatable bonds is 3. The van der Waals surface area contributed by atoms with E-state index in [1.165, 1.54) is 0 Å². The molecule has 1 aliphatic carbocycles.